The number of aliphatic imine (C=N–C) groups is 1. The van der Waals surface area contributed by atoms with Gasteiger partial charge in [0.25, 0.3) is 0 Å². The molecule has 0 aliphatic heterocycles. The van der Waals surface area contributed by atoms with Crippen molar-refractivity contribution in [3.05, 3.63) is 35.6 Å². The topological polar surface area (TPSA) is 65.5 Å². The van der Waals surface area contributed by atoms with Crippen LogP contribution in [0.3, 0.4) is 0 Å². The van der Waals surface area contributed by atoms with Gasteiger partial charge in [0, 0.05) is 19.6 Å². The number of likely N-dealkylation sites (N-methyl/N-ethyl adjacent to an activating group) is 1. The van der Waals surface area contributed by atoms with Crippen LogP contribution < -0.4 is 16.0 Å². The van der Waals surface area contributed by atoms with Crippen molar-refractivity contribution in [1.29, 1.82) is 0 Å². The molecule has 1 amide bonds. The molecule has 0 unspecified atom stereocenters. The number of carbonyl (C=O) groups is 1. The Kier molecular flexibility index (Phi) is 11.4. The van der Waals surface area contributed by atoms with Crippen LogP contribution in [0.25, 0.3) is 0 Å². The van der Waals surface area contributed by atoms with Crippen LogP contribution in [0, 0.1) is 5.82 Å². The maximum atomic E-state index is 12.8. The van der Waals surface area contributed by atoms with Gasteiger partial charge < -0.3 is 16.0 Å². The Hall–Kier alpha value is -1.38. The van der Waals surface area contributed by atoms with Gasteiger partial charge in [0.2, 0.25) is 5.91 Å². The minimum absolute atomic E-state index is 0. The SMILES string of the molecule is CCNC(=O)CN=C(NCC)NCCc1ccc(F)cc1.I. The zero-order chi connectivity index (χ0) is 15.5. The minimum Gasteiger partial charge on any atom is -0.357 e. The molecule has 1 aromatic rings. The number of nitrogens with one attached hydrogen (secondary N) is 3. The van der Waals surface area contributed by atoms with Crippen LogP contribution in [-0.4, -0.2) is 38.0 Å². The number of halogens is 2. The molecule has 0 radical (unpaired) electrons. The highest BCUT2D eigenvalue weighted by atomic mass is 127. The third kappa shape index (κ3) is 8.81. The summed E-state index contributed by atoms with van der Waals surface area (Å²) in [5.74, 6) is 0.266. The molecular weight excluding hydrogens is 398 g/mol. The minimum atomic E-state index is -0.233. The van der Waals surface area contributed by atoms with Crippen molar-refractivity contribution >= 4 is 35.8 Å². The Morgan fingerprint density at radius 1 is 1.09 bits per heavy atom. The highest BCUT2D eigenvalue weighted by molar-refractivity contribution is 14.0. The normalized spacial score (nSPS) is 10.6. The van der Waals surface area contributed by atoms with Crippen LogP contribution in [0.1, 0.15) is 19.4 Å². The van der Waals surface area contributed by atoms with Gasteiger partial charge in [-0.3, -0.25) is 4.79 Å². The Morgan fingerprint density at radius 3 is 2.32 bits per heavy atom. The van der Waals surface area contributed by atoms with E-state index in [0.29, 0.717) is 19.0 Å². The lowest BCUT2D eigenvalue weighted by molar-refractivity contribution is -0.119. The van der Waals surface area contributed by atoms with E-state index in [-0.39, 0.29) is 42.2 Å². The quantitative estimate of drug-likeness (QED) is 0.356. The summed E-state index contributed by atoms with van der Waals surface area (Å²) in [5.41, 5.74) is 1.04. The molecule has 1 aromatic carbocycles. The predicted octanol–water partition coefficient (Wildman–Crippen LogP) is 1.68. The van der Waals surface area contributed by atoms with Gasteiger partial charge in [-0.1, -0.05) is 12.1 Å². The lowest BCUT2D eigenvalue weighted by Crippen LogP contribution is -2.39. The van der Waals surface area contributed by atoms with Crippen molar-refractivity contribution in [2.24, 2.45) is 4.99 Å². The van der Waals surface area contributed by atoms with Gasteiger partial charge in [0.1, 0.15) is 12.4 Å². The van der Waals surface area contributed by atoms with Crippen molar-refractivity contribution in [2.45, 2.75) is 20.3 Å². The molecule has 0 aromatic heterocycles. The average molecular weight is 422 g/mol. The molecule has 7 heteroatoms. The second kappa shape index (κ2) is 12.2. The number of hydrogen-bond donors (Lipinski definition) is 3. The Balaban J connectivity index is 0.00000441. The van der Waals surface area contributed by atoms with E-state index in [1.807, 2.05) is 13.8 Å². The van der Waals surface area contributed by atoms with Gasteiger partial charge >= 0.3 is 0 Å². The summed E-state index contributed by atoms with van der Waals surface area (Å²) in [6.45, 7) is 5.91. The number of carbonyl (C=O) groups excluding carboxylic acids is 1. The van der Waals surface area contributed by atoms with Crippen LogP contribution in [-0.2, 0) is 11.2 Å². The molecule has 5 nitrogen and oxygen atoms in total. The van der Waals surface area contributed by atoms with E-state index >= 15 is 0 Å². The lowest BCUT2D eigenvalue weighted by atomic mass is 10.1. The fourth-order valence-corrected chi connectivity index (χ4v) is 1.72. The predicted molar refractivity (Wildman–Crippen MR) is 98.2 cm³/mol. The highest BCUT2D eigenvalue weighted by Gasteiger charge is 2.01. The fraction of sp³-hybridized carbons (Fsp3) is 0.467. The lowest BCUT2D eigenvalue weighted by Gasteiger charge is -2.11. The van der Waals surface area contributed by atoms with Crippen LogP contribution >= 0.6 is 24.0 Å². The van der Waals surface area contributed by atoms with Gasteiger partial charge in [-0.05, 0) is 38.0 Å². The summed E-state index contributed by atoms with van der Waals surface area (Å²) in [7, 11) is 0. The van der Waals surface area contributed by atoms with Crippen LogP contribution in [0.5, 0.6) is 0 Å². The summed E-state index contributed by atoms with van der Waals surface area (Å²) in [5, 5.41) is 8.91. The summed E-state index contributed by atoms with van der Waals surface area (Å²) >= 11 is 0. The van der Waals surface area contributed by atoms with Crippen molar-refractivity contribution < 1.29 is 9.18 Å². The largest absolute Gasteiger partial charge is 0.357 e. The molecule has 0 spiro atoms. The van der Waals surface area contributed by atoms with Crippen molar-refractivity contribution in [1.82, 2.24) is 16.0 Å². The summed E-state index contributed by atoms with van der Waals surface area (Å²) in [6, 6.07) is 6.42. The Labute approximate surface area is 148 Å². The zero-order valence-corrected chi connectivity index (χ0v) is 15.3. The molecule has 0 heterocycles. The van der Waals surface area contributed by atoms with E-state index in [4.69, 9.17) is 0 Å². The van der Waals surface area contributed by atoms with Crippen LogP contribution in [0.2, 0.25) is 0 Å². The molecule has 0 bridgehead atoms. The Bertz CT molecular complexity index is 465. The van der Waals surface area contributed by atoms with Crippen molar-refractivity contribution in [2.75, 3.05) is 26.2 Å². The summed E-state index contributed by atoms with van der Waals surface area (Å²) in [4.78, 5) is 15.6. The van der Waals surface area contributed by atoms with Crippen LogP contribution in [0.15, 0.2) is 29.3 Å². The molecular formula is C15H24FIN4O. The maximum Gasteiger partial charge on any atom is 0.241 e. The van der Waals surface area contributed by atoms with E-state index in [1.54, 1.807) is 12.1 Å². The molecule has 0 saturated carbocycles. The second-order valence-corrected chi connectivity index (χ2v) is 4.45. The molecule has 0 saturated heterocycles. The van der Waals surface area contributed by atoms with Crippen molar-refractivity contribution in [3.63, 3.8) is 0 Å². The van der Waals surface area contributed by atoms with E-state index in [1.165, 1.54) is 12.1 Å². The van der Waals surface area contributed by atoms with Gasteiger partial charge in [0.05, 0.1) is 0 Å². The first-order valence-electron chi connectivity index (χ1n) is 7.19. The first-order chi connectivity index (χ1) is 10.2. The molecule has 1 rings (SSSR count). The van der Waals surface area contributed by atoms with Crippen LogP contribution in [0.4, 0.5) is 4.39 Å². The third-order valence-electron chi connectivity index (χ3n) is 2.72. The summed E-state index contributed by atoms with van der Waals surface area (Å²) in [6.07, 6.45) is 0.756. The highest BCUT2D eigenvalue weighted by Crippen LogP contribution is 2.02. The zero-order valence-electron chi connectivity index (χ0n) is 13.0. The fourth-order valence-electron chi connectivity index (χ4n) is 1.72. The van der Waals surface area contributed by atoms with E-state index in [2.05, 4.69) is 20.9 Å². The van der Waals surface area contributed by atoms with E-state index in [9.17, 15) is 9.18 Å². The molecule has 0 aliphatic rings. The average Bonchev–Trinajstić information content (AvgIpc) is 2.47. The van der Waals surface area contributed by atoms with Gasteiger partial charge in [-0.2, -0.15) is 0 Å². The molecule has 0 fully saturated rings. The number of rotatable bonds is 7. The molecule has 124 valence electrons. The molecule has 0 aliphatic carbocycles. The Morgan fingerprint density at radius 2 is 1.73 bits per heavy atom. The van der Waals surface area contributed by atoms with Gasteiger partial charge in [0.15, 0.2) is 5.96 Å². The first kappa shape index (κ1) is 20.6. The molecule has 3 N–H and O–H groups in total. The third-order valence-corrected chi connectivity index (χ3v) is 2.72. The van der Waals surface area contributed by atoms with Crippen molar-refractivity contribution in [3.8, 4) is 0 Å². The number of guanidine groups is 1. The molecule has 22 heavy (non-hydrogen) atoms. The second-order valence-electron chi connectivity index (χ2n) is 4.45. The first-order valence-corrected chi connectivity index (χ1v) is 7.19. The molecule has 0 atom stereocenters. The van der Waals surface area contributed by atoms with E-state index < -0.39 is 0 Å². The number of hydrogen-bond acceptors (Lipinski definition) is 2. The smallest absolute Gasteiger partial charge is 0.241 e. The standard InChI is InChI=1S/C15H23FN4O.HI/c1-3-17-14(21)11-20-15(18-4-2)19-10-9-12-5-7-13(16)8-6-12;/h5-8H,3-4,9-11H2,1-2H3,(H,17,21)(H2,18,19,20);1H. The van der Waals surface area contributed by atoms with E-state index in [0.717, 1.165) is 18.5 Å². The number of nitrogens with zero attached hydrogens (tertiary/aromatic N) is 1. The summed E-state index contributed by atoms with van der Waals surface area (Å²) < 4.78 is 12.8. The van der Waals surface area contributed by atoms with Gasteiger partial charge in [-0.15, -0.1) is 24.0 Å². The maximum absolute atomic E-state index is 12.8. The number of amides is 1. The number of benzene rings is 1. The van der Waals surface area contributed by atoms with Gasteiger partial charge in [-0.25, -0.2) is 9.38 Å². The monoisotopic (exact) mass is 422 g/mol.